The lowest BCUT2D eigenvalue weighted by Crippen LogP contribution is -2.32. The van der Waals surface area contributed by atoms with Crippen molar-refractivity contribution in [1.82, 2.24) is 0 Å². The summed E-state index contributed by atoms with van der Waals surface area (Å²) in [6.07, 6.45) is 0.230. The maximum absolute atomic E-state index is 12.2. The van der Waals surface area contributed by atoms with Gasteiger partial charge < -0.3 is 10.2 Å². The summed E-state index contributed by atoms with van der Waals surface area (Å²) in [6.45, 7) is 5.80. The molecule has 2 amide bonds. The van der Waals surface area contributed by atoms with E-state index in [1.165, 1.54) is 6.92 Å². The fourth-order valence-electron chi connectivity index (χ4n) is 2.46. The van der Waals surface area contributed by atoms with Crippen molar-refractivity contribution < 1.29 is 9.59 Å². The van der Waals surface area contributed by atoms with Gasteiger partial charge in [0.1, 0.15) is 0 Å². The zero-order chi connectivity index (χ0) is 17.7. The number of aryl methyl sites for hydroxylation is 2. The van der Waals surface area contributed by atoms with Gasteiger partial charge in [0.15, 0.2) is 0 Å². The smallest absolute Gasteiger partial charge is 0.226 e. The van der Waals surface area contributed by atoms with Crippen LogP contribution < -0.4 is 10.2 Å². The number of rotatable bonds is 5. The lowest BCUT2D eigenvalue weighted by atomic mass is 10.1. The first-order valence-corrected chi connectivity index (χ1v) is 8.57. The van der Waals surface area contributed by atoms with E-state index >= 15 is 0 Å². The molecular formula is C19H21BrN2O2. The minimum Gasteiger partial charge on any atom is -0.325 e. The van der Waals surface area contributed by atoms with Crippen molar-refractivity contribution in [3.8, 4) is 0 Å². The number of halogens is 1. The normalized spacial score (nSPS) is 10.3. The molecule has 2 rings (SSSR count). The zero-order valence-electron chi connectivity index (χ0n) is 14.1. The fourth-order valence-corrected chi connectivity index (χ4v) is 3.05. The molecule has 0 saturated carbocycles. The number of carbonyl (C=O) groups is 2. The number of hydrogen-bond donors (Lipinski definition) is 1. The van der Waals surface area contributed by atoms with Crippen LogP contribution in [0.3, 0.4) is 0 Å². The Kier molecular flexibility index (Phi) is 6.15. The van der Waals surface area contributed by atoms with Crippen LogP contribution in [0.4, 0.5) is 11.4 Å². The summed E-state index contributed by atoms with van der Waals surface area (Å²) in [6, 6.07) is 13.4. The molecule has 2 aromatic rings. The molecule has 0 atom stereocenters. The van der Waals surface area contributed by atoms with Gasteiger partial charge >= 0.3 is 0 Å². The standard InChI is InChI=1S/C19H21BrN2O2/c1-13-8-9-17(16(20)12-13)21-19(24)10-11-22(15(3)23)18-7-5-4-6-14(18)2/h4-9,12H,10-11H2,1-3H3,(H,21,24). The highest BCUT2D eigenvalue weighted by atomic mass is 79.9. The van der Waals surface area contributed by atoms with Crippen molar-refractivity contribution in [3.63, 3.8) is 0 Å². The van der Waals surface area contributed by atoms with Crippen LogP contribution in [0.2, 0.25) is 0 Å². The first kappa shape index (κ1) is 18.2. The van der Waals surface area contributed by atoms with E-state index in [-0.39, 0.29) is 18.2 Å². The third-order valence-corrected chi connectivity index (χ3v) is 4.40. The molecule has 0 saturated heterocycles. The number of para-hydroxylation sites is 1. The largest absolute Gasteiger partial charge is 0.325 e. The summed E-state index contributed by atoms with van der Waals surface area (Å²) in [5, 5.41) is 2.87. The number of hydrogen-bond acceptors (Lipinski definition) is 2. The van der Waals surface area contributed by atoms with Gasteiger partial charge in [0.25, 0.3) is 0 Å². The van der Waals surface area contributed by atoms with Crippen LogP contribution in [0.5, 0.6) is 0 Å². The summed E-state index contributed by atoms with van der Waals surface area (Å²) in [5.74, 6) is -0.201. The van der Waals surface area contributed by atoms with Crippen LogP contribution in [0.15, 0.2) is 46.9 Å². The van der Waals surface area contributed by atoms with Crippen LogP contribution in [-0.2, 0) is 9.59 Å². The van der Waals surface area contributed by atoms with Gasteiger partial charge in [0, 0.05) is 30.0 Å². The van der Waals surface area contributed by atoms with Crippen LogP contribution in [0, 0.1) is 13.8 Å². The average Bonchev–Trinajstić information content (AvgIpc) is 2.51. The molecule has 0 fully saturated rings. The maximum atomic E-state index is 12.2. The highest BCUT2D eigenvalue weighted by Crippen LogP contribution is 2.24. The van der Waals surface area contributed by atoms with Crippen LogP contribution in [0.25, 0.3) is 0 Å². The zero-order valence-corrected chi connectivity index (χ0v) is 15.7. The molecule has 1 N–H and O–H groups in total. The van der Waals surface area contributed by atoms with Gasteiger partial charge in [-0.25, -0.2) is 0 Å². The van der Waals surface area contributed by atoms with E-state index in [0.717, 1.165) is 27.0 Å². The minimum atomic E-state index is -0.126. The van der Waals surface area contributed by atoms with Crippen molar-refractivity contribution in [2.45, 2.75) is 27.2 Å². The molecule has 0 radical (unpaired) electrons. The maximum Gasteiger partial charge on any atom is 0.226 e. The molecule has 0 spiro atoms. The number of carbonyl (C=O) groups excluding carboxylic acids is 2. The Labute approximate surface area is 151 Å². The Morgan fingerprint density at radius 1 is 1.12 bits per heavy atom. The molecule has 2 aromatic carbocycles. The number of anilines is 2. The first-order valence-electron chi connectivity index (χ1n) is 7.78. The van der Waals surface area contributed by atoms with Gasteiger partial charge in [-0.05, 0) is 59.1 Å². The van der Waals surface area contributed by atoms with E-state index < -0.39 is 0 Å². The van der Waals surface area contributed by atoms with Gasteiger partial charge in [0.05, 0.1) is 5.69 Å². The Balaban J connectivity index is 2.03. The molecular weight excluding hydrogens is 368 g/mol. The topological polar surface area (TPSA) is 49.4 Å². The number of benzene rings is 2. The van der Waals surface area contributed by atoms with Gasteiger partial charge in [0.2, 0.25) is 11.8 Å². The van der Waals surface area contributed by atoms with Gasteiger partial charge in [-0.1, -0.05) is 24.3 Å². The summed E-state index contributed by atoms with van der Waals surface area (Å²) in [4.78, 5) is 25.8. The molecule has 5 heteroatoms. The SMILES string of the molecule is CC(=O)N(CCC(=O)Nc1ccc(C)cc1Br)c1ccccc1C. The molecule has 0 aliphatic heterocycles. The van der Waals surface area contributed by atoms with Gasteiger partial charge in [-0.3, -0.25) is 9.59 Å². The number of nitrogens with zero attached hydrogens (tertiary/aromatic N) is 1. The van der Waals surface area contributed by atoms with Crippen molar-refractivity contribution in [1.29, 1.82) is 0 Å². The Hall–Kier alpha value is -2.14. The summed E-state index contributed by atoms with van der Waals surface area (Å²) in [7, 11) is 0. The third-order valence-electron chi connectivity index (χ3n) is 3.75. The molecule has 0 aliphatic carbocycles. The van der Waals surface area contributed by atoms with E-state index in [1.54, 1.807) is 4.90 Å². The summed E-state index contributed by atoms with van der Waals surface area (Å²) in [5.41, 5.74) is 3.70. The molecule has 4 nitrogen and oxygen atoms in total. The molecule has 126 valence electrons. The Morgan fingerprint density at radius 3 is 2.46 bits per heavy atom. The van der Waals surface area contributed by atoms with Crippen molar-refractivity contribution >= 4 is 39.1 Å². The Bertz CT molecular complexity index is 759. The van der Waals surface area contributed by atoms with Gasteiger partial charge in [-0.2, -0.15) is 0 Å². The van der Waals surface area contributed by atoms with Crippen LogP contribution in [-0.4, -0.2) is 18.4 Å². The highest BCUT2D eigenvalue weighted by molar-refractivity contribution is 9.10. The molecule has 0 aromatic heterocycles. The second kappa shape index (κ2) is 8.11. The van der Waals surface area contributed by atoms with Gasteiger partial charge in [-0.15, -0.1) is 0 Å². The molecule has 0 aliphatic rings. The van der Waals surface area contributed by atoms with Crippen molar-refractivity contribution in [2.75, 3.05) is 16.8 Å². The second-order valence-electron chi connectivity index (χ2n) is 5.74. The third kappa shape index (κ3) is 4.68. The minimum absolute atomic E-state index is 0.0754. The predicted molar refractivity (Wildman–Crippen MR) is 101 cm³/mol. The molecule has 0 bridgehead atoms. The second-order valence-corrected chi connectivity index (χ2v) is 6.59. The van der Waals surface area contributed by atoms with Crippen molar-refractivity contribution in [3.05, 3.63) is 58.1 Å². The quantitative estimate of drug-likeness (QED) is 0.822. The lowest BCUT2D eigenvalue weighted by molar-refractivity contribution is -0.117. The first-order chi connectivity index (χ1) is 11.4. The van der Waals surface area contributed by atoms with E-state index in [1.807, 2.05) is 56.3 Å². The average molecular weight is 389 g/mol. The summed E-state index contributed by atoms with van der Waals surface area (Å²) < 4.78 is 0.846. The van der Waals surface area contributed by atoms with Crippen LogP contribution >= 0.6 is 15.9 Å². The van der Waals surface area contributed by atoms with E-state index in [4.69, 9.17) is 0 Å². The fraction of sp³-hybridized carbons (Fsp3) is 0.263. The highest BCUT2D eigenvalue weighted by Gasteiger charge is 2.15. The predicted octanol–water partition coefficient (Wildman–Crippen LogP) is 4.45. The monoisotopic (exact) mass is 388 g/mol. The van der Waals surface area contributed by atoms with E-state index in [0.29, 0.717) is 6.54 Å². The molecule has 0 heterocycles. The Morgan fingerprint density at radius 2 is 1.83 bits per heavy atom. The number of amides is 2. The lowest BCUT2D eigenvalue weighted by Gasteiger charge is -2.23. The van der Waals surface area contributed by atoms with Crippen LogP contribution in [0.1, 0.15) is 24.5 Å². The van der Waals surface area contributed by atoms with E-state index in [2.05, 4.69) is 21.2 Å². The summed E-state index contributed by atoms with van der Waals surface area (Å²) >= 11 is 3.45. The molecule has 0 unspecified atom stereocenters. The number of nitrogens with one attached hydrogen (secondary N) is 1. The van der Waals surface area contributed by atoms with E-state index in [9.17, 15) is 9.59 Å². The molecule has 24 heavy (non-hydrogen) atoms. The van der Waals surface area contributed by atoms with Crippen molar-refractivity contribution in [2.24, 2.45) is 0 Å².